The van der Waals surface area contributed by atoms with E-state index in [2.05, 4.69) is 19.2 Å². The first kappa shape index (κ1) is 13.8. The zero-order chi connectivity index (χ0) is 14.0. The predicted octanol–water partition coefficient (Wildman–Crippen LogP) is 3.60. The third-order valence-corrected chi connectivity index (χ3v) is 3.72. The minimum Gasteiger partial charge on any atom is -0.465 e. The number of anilines is 1. The molecular weight excluding hydrogens is 245 g/mol. The Bertz CT molecular complexity index is 485. The van der Waals surface area contributed by atoms with Crippen molar-refractivity contribution in [3.05, 3.63) is 29.6 Å². The van der Waals surface area contributed by atoms with E-state index in [1.54, 1.807) is 6.07 Å². The van der Waals surface area contributed by atoms with E-state index in [0.717, 1.165) is 19.3 Å². The lowest BCUT2D eigenvalue weighted by Crippen LogP contribution is -2.19. The van der Waals surface area contributed by atoms with Gasteiger partial charge in [-0.15, -0.1) is 0 Å². The number of carbonyl (C=O) groups is 1. The minimum atomic E-state index is -0.515. The summed E-state index contributed by atoms with van der Waals surface area (Å²) in [6, 6.07) is 4.50. The number of esters is 1. The van der Waals surface area contributed by atoms with Crippen LogP contribution in [0.2, 0.25) is 0 Å². The molecule has 1 N–H and O–H groups in total. The van der Waals surface area contributed by atoms with Crippen LogP contribution in [0, 0.1) is 11.2 Å². The number of benzene rings is 1. The molecule has 1 saturated carbocycles. The van der Waals surface area contributed by atoms with Gasteiger partial charge in [0.25, 0.3) is 0 Å². The van der Waals surface area contributed by atoms with E-state index < -0.39 is 11.8 Å². The fraction of sp³-hybridized carbons (Fsp3) is 0.533. The molecule has 19 heavy (non-hydrogen) atoms. The molecule has 1 aliphatic rings. The first-order valence-electron chi connectivity index (χ1n) is 6.56. The van der Waals surface area contributed by atoms with Crippen molar-refractivity contribution in [1.82, 2.24) is 0 Å². The molecule has 1 fully saturated rings. The predicted molar refractivity (Wildman–Crippen MR) is 72.8 cm³/mol. The maximum absolute atomic E-state index is 13.2. The van der Waals surface area contributed by atoms with Gasteiger partial charge >= 0.3 is 5.97 Å². The average molecular weight is 265 g/mol. The van der Waals surface area contributed by atoms with Crippen molar-refractivity contribution in [3.63, 3.8) is 0 Å². The van der Waals surface area contributed by atoms with E-state index in [0.29, 0.717) is 17.1 Å². The van der Waals surface area contributed by atoms with Gasteiger partial charge in [0.2, 0.25) is 0 Å². The van der Waals surface area contributed by atoms with E-state index in [1.165, 1.54) is 19.2 Å². The molecule has 0 spiro atoms. The van der Waals surface area contributed by atoms with Crippen LogP contribution in [0.25, 0.3) is 0 Å². The molecule has 1 atom stereocenters. The number of ether oxygens (including phenoxy) is 1. The van der Waals surface area contributed by atoms with Crippen molar-refractivity contribution in [2.45, 2.75) is 39.2 Å². The molecule has 0 amide bonds. The minimum absolute atomic E-state index is 0.257. The summed E-state index contributed by atoms with van der Waals surface area (Å²) in [5.41, 5.74) is 1.23. The van der Waals surface area contributed by atoms with E-state index >= 15 is 0 Å². The number of hydrogen-bond donors (Lipinski definition) is 1. The molecule has 1 aromatic carbocycles. The van der Waals surface area contributed by atoms with Gasteiger partial charge in [0.1, 0.15) is 5.82 Å². The molecule has 1 unspecified atom stereocenters. The number of methoxy groups -OCH3 is 1. The normalized spacial score (nSPS) is 21.2. The quantitative estimate of drug-likeness (QED) is 0.849. The highest BCUT2D eigenvalue weighted by Crippen LogP contribution is 2.38. The molecule has 2 rings (SSSR count). The van der Waals surface area contributed by atoms with Gasteiger partial charge in [-0.3, -0.25) is 0 Å². The van der Waals surface area contributed by atoms with Gasteiger partial charge in [-0.2, -0.15) is 0 Å². The fourth-order valence-corrected chi connectivity index (χ4v) is 2.70. The van der Waals surface area contributed by atoms with E-state index in [1.807, 2.05) is 0 Å². The van der Waals surface area contributed by atoms with Gasteiger partial charge in [0.15, 0.2) is 0 Å². The zero-order valence-electron chi connectivity index (χ0n) is 11.6. The molecule has 4 heteroatoms. The van der Waals surface area contributed by atoms with Gasteiger partial charge in [0, 0.05) is 11.7 Å². The Morgan fingerprint density at radius 2 is 2.21 bits per heavy atom. The molecule has 0 bridgehead atoms. The standard InChI is InChI=1S/C15H20FNO2/c1-15(2)7-6-11(9-15)17-13-5-4-10(16)8-12(13)14(18)19-3/h4-5,8,11,17H,6-7,9H2,1-3H3. The first-order chi connectivity index (χ1) is 8.91. The Morgan fingerprint density at radius 3 is 2.79 bits per heavy atom. The lowest BCUT2D eigenvalue weighted by Gasteiger charge is -2.19. The van der Waals surface area contributed by atoms with Gasteiger partial charge in [0.05, 0.1) is 12.7 Å². The third kappa shape index (κ3) is 3.25. The summed E-state index contributed by atoms with van der Waals surface area (Å²) in [6.45, 7) is 4.47. The fourth-order valence-electron chi connectivity index (χ4n) is 2.70. The molecule has 0 saturated heterocycles. The Morgan fingerprint density at radius 1 is 1.47 bits per heavy atom. The molecule has 0 aromatic heterocycles. The van der Waals surface area contributed by atoms with Crippen LogP contribution in [-0.4, -0.2) is 19.1 Å². The highest BCUT2D eigenvalue weighted by molar-refractivity contribution is 5.95. The van der Waals surface area contributed by atoms with Crippen LogP contribution in [0.3, 0.4) is 0 Å². The topological polar surface area (TPSA) is 38.3 Å². The molecule has 0 heterocycles. The van der Waals surface area contributed by atoms with Crippen molar-refractivity contribution >= 4 is 11.7 Å². The van der Waals surface area contributed by atoms with Crippen LogP contribution in [0.5, 0.6) is 0 Å². The van der Waals surface area contributed by atoms with Gasteiger partial charge < -0.3 is 10.1 Å². The lowest BCUT2D eigenvalue weighted by molar-refractivity contribution is 0.0601. The highest BCUT2D eigenvalue weighted by atomic mass is 19.1. The number of hydrogen-bond acceptors (Lipinski definition) is 3. The van der Waals surface area contributed by atoms with Crippen molar-refractivity contribution in [2.24, 2.45) is 5.41 Å². The Labute approximate surface area is 113 Å². The molecular formula is C15H20FNO2. The third-order valence-electron chi connectivity index (χ3n) is 3.72. The van der Waals surface area contributed by atoms with E-state index in [-0.39, 0.29) is 5.56 Å². The van der Waals surface area contributed by atoms with Gasteiger partial charge in [-0.05, 0) is 42.9 Å². The number of halogens is 1. The largest absolute Gasteiger partial charge is 0.465 e. The Balaban J connectivity index is 2.18. The molecule has 1 aromatic rings. The second-order valence-electron chi connectivity index (χ2n) is 5.93. The molecule has 104 valence electrons. The summed E-state index contributed by atoms with van der Waals surface area (Å²) in [5.74, 6) is -0.947. The maximum Gasteiger partial charge on any atom is 0.340 e. The second kappa shape index (κ2) is 5.19. The van der Waals surface area contributed by atoms with Crippen molar-refractivity contribution in [2.75, 3.05) is 12.4 Å². The highest BCUT2D eigenvalue weighted by Gasteiger charge is 2.31. The SMILES string of the molecule is COC(=O)c1cc(F)ccc1NC1CCC(C)(C)C1. The monoisotopic (exact) mass is 265 g/mol. The van der Waals surface area contributed by atoms with Crippen molar-refractivity contribution in [3.8, 4) is 0 Å². The summed E-state index contributed by atoms with van der Waals surface area (Å²) in [4.78, 5) is 11.7. The van der Waals surface area contributed by atoms with Crippen LogP contribution in [0.4, 0.5) is 10.1 Å². The zero-order valence-corrected chi connectivity index (χ0v) is 11.6. The summed E-state index contributed by atoms with van der Waals surface area (Å²) in [6.07, 6.45) is 3.26. The van der Waals surface area contributed by atoms with Gasteiger partial charge in [-0.1, -0.05) is 13.8 Å². The summed E-state index contributed by atoms with van der Waals surface area (Å²) in [5, 5.41) is 3.34. The lowest BCUT2D eigenvalue weighted by atomic mass is 9.92. The second-order valence-corrected chi connectivity index (χ2v) is 5.93. The summed E-state index contributed by atoms with van der Waals surface area (Å²) < 4.78 is 17.9. The number of carbonyl (C=O) groups excluding carboxylic acids is 1. The van der Waals surface area contributed by atoms with E-state index in [4.69, 9.17) is 4.74 Å². The summed E-state index contributed by atoms with van der Waals surface area (Å²) >= 11 is 0. The van der Waals surface area contributed by atoms with Crippen molar-refractivity contribution < 1.29 is 13.9 Å². The van der Waals surface area contributed by atoms with Crippen LogP contribution in [-0.2, 0) is 4.74 Å². The summed E-state index contributed by atoms with van der Waals surface area (Å²) in [7, 11) is 1.30. The number of rotatable bonds is 3. The van der Waals surface area contributed by atoms with Crippen LogP contribution in [0.1, 0.15) is 43.5 Å². The van der Waals surface area contributed by atoms with Crippen molar-refractivity contribution in [1.29, 1.82) is 0 Å². The Kier molecular flexibility index (Phi) is 3.78. The number of nitrogens with one attached hydrogen (secondary N) is 1. The van der Waals surface area contributed by atoms with Crippen LogP contribution < -0.4 is 5.32 Å². The first-order valence-corrected chi connectivity index (χ1v) is 6.56. The Hall–Kier alpha value is -1.58. The molecule has 3 nitrogen and oxygen atoms in total. The van der Waals surface area contributed by atoms with Gasteiger partial charge in [-0.25, -0.2) is 9.18 Å². The maximum atomic E-state index is 13.2. The van der Waals surface area contributed by atoms with Crippen LogP contribution >= 0.6 is 0 Å². The molecule has 0 radical (unpaired) electrons. The van der Waals surface area contributed by atoms with Crippen LogP contribution in [0.15, 0.2) is 18.2 Å². The molecule has 1 aliphatic carbocycles. The van der Waals surface area contributed by atoms with E-state index in [9.17, 15) is 9.18 Å². The average Bonchev–Trinajstić information content (AvgIpc) is 2.70. The molecule has 0 aliphatic heterocycles. The smallest absolute Gasteiger partial charge is 0.340 e.